The number of benzene rings is 1. The quantitative estimate of drug-likeness (QED) is 0.438. The molecule has 0 amide bonds. The maximum Gasteiger partial charge on any atom is 0.327 e. The lowest BCUT2D eigenvalue weighted by Gasteiger charge is -2.23. The van der Waals surface area contributed by atoms with E-state index >= 15 is 0 Å². The molecule has 11 heteroatoms. The summed E-state index contributed by atoms with van der Waals surface area (Å²) >= 11 is 0. The van der Waals surface area contributed by atoms with Crippen molar-refractivity contribution in [1.29, 1.82) is 0 Å². The first-order chi connectivity index (χ1) is 16.6. The van der Waals surface area contributed by atoms with Crippen LogP contribution in [0.5, 0.6) is 5.88 Å². The van der Waals surface area contributed by atoms with Crippen molar-refractivity contribution >= 4 is 22.2 Å². The summed E-state index contributed by atoms with van der Waals surface area (Å²) in [5.41, 5.74) is 3.00. The molecule has 0 spiro atoms. The first kappa shape index (κ1) is 20.5. The molecule has 0 unspecified atom stereocenters. The van der Waals surface area contributed by atoms with Crippen LogP contribution in [0.1, 0.15) is 18.9 Å². The SMILES string of the molecule is COc1ccc(-c2nc(-n3cnc4ccc(F)cc43)nc3c2[nH]c(=O)n3C2CCOCC2)cn1. The van der Waals surface area contributed by atoms with Crippen LogP contribution in [0.3, 0.4) is 0 Å². The van der Waals surface area contributed by atoms with Gasteiger partial charge in [-0.2, -0.15) is 4.98 Å². The van der Waals surface area contributed by atoms with Crippen molar-refractivity contribution in [3.63, 3.8) is 0 Å². The first-order valence-corrected chi connectivity index (χ1v) is 10.9. The second kappa shape index (κ2) is 8.03. The van der Waals surface area contributed by atoms with E-state index in [1.165, 1.54) is 19.2 Å². The lowest BCUT2D eigenvalue weighted by molar-refractivity contribution is 0.0697. The van der Waals surface area contributed by atoms with Gasteiger partial charge in [-0.05, 0) is 31.0 Å². The van der Waals surface area contributed by atoms with E-state index in [1.807, 2.05) is 6.07 Å². The smallest absolute Gasteiger partial charge is 0.327 e. The minimum Gasteiger partial charge on any atom is -0.481 e. The largest absolute Gasteiger partial charge is 0.481 e. The minimum atomic E-state index is -0.393. The van der Waals surface area contributed by atoms with E-state index in [9.17, 15) is 9.18 Å². The van der Waals surface area contributed by atoms with Gasteiger partial charge in [0.05, 0.1) is 18.1 Å². The van der Waals surface area contributed by atoms with Crippen LogP contribution in [0.15, 0.2) is 47.7 Å². The zero-order valence-corrected chi connectivity index (χ0v) is 18.2. The highest BCUT2D eigenvalue weighted by molar-refractivity contribution is 5.88. The molecule has 0 saturated carbocycles. The van der Waals surface area contributed by atoms with Crippen LogP contribution in [0, 0.1) is 5.82 Å². The molecule has 0 aliphatic carbocycles. The van der Waals surface area contributed by atoms with E-state index < -0.39 is 5.82 Å². The van der Waals surface area contributed by atoms with Gasteiger partial charge < -0.3 is 14.5 Å². The molecule has 0 radical (unpaired) electrons. The fourth-order valence-electron chi connectivity index (χ4n) is 4.37. The van der Waals surface area contributed by atoms with Crippen molar-refractivity contribution < 1.29 is 13.9 Å². The monoisotopic (exact) mass is 461 g/mol. The zero-order valence-electron chi connectivity index (χ0n) is 18.2. The molecule has 1 aliphatic heterocycles. The molecule has 10 nitrogen and oxygen atoms in total. The first-order valence-electron chi connectivity index (χ1n) is 10.9. The van der Waals surface area contributed by atoms with Crippen molar-refractivity contribution in [1.82, 2.24) is 34.1 Å². The normalized spacial score (nSPS) is 14.8. The predicted octanol–water partition coefficient (Wildman–Crippen LogP) is 3.02. The number of H-pyrrole nitrogens is 1. The Morgan fingerprint density at radius 1 is 1.15 bits per heavy atom. The number of rotatable bonds is 4. The van der Waals surface area contributed by atoms with E-state index in [4.69, 9.17) is 19.4 Å². The van der Waals surface area contributed by atoms with Gasteiger partial charge in [0, 0.05) is 43.1 Å². The molecule has 172 valence electrons. The van der Waals surface area contributed by atoms with Crippen molar-refractivity contribution in [3.05, 3.63) is 59.2 Å². The maximum atomic E-state index is 14.0. The lowest BCUT2D eigenvalue weighted by Crippen LogP contribution is -2.27. The van der Waals surface area contributed by atoms with Crippen LogP contribution < -0.4 is 10.4 Å². The number of hydrogen-bond acceptors (Lipinski definition) is 7. The van der Waals surface area contributed by atoms with Crippen molar-refractivity contribution in [2.24, 2.45) is 0 Å². The fourth-order valence-corrected chi connectivity index (χ4v) is 4.37. The summed E-state index contributed by atoms with van der Waals surface area (Å²) in [6, 6.07) is 7.81. The number of hydrogen-bond donors (Lipinski definition) is 1. The summed E-state index contributed by atoms with van der Waals surface area (Å²) in [6.07, 6.45) is 4.57. The highest BCUT2D eigenvalue weighted by Gasteiger charge is 2.24. The summed E-state index contributed by atoms with van der Waals surface area (Å²) < 4.78 is 28.0. The fraction of sp³-hybridized carbons (Fsp3) is 0.261. The average Bonchev–Trinajstić information content (AvgIpc) is 3.43. The third-order valence-corrected chi connectivity index (χ3v) is 6.06. The van der Waals surface area contributed by atoms with E-state index in [2.05, 4.69) is 15.0 Å². The van der Waals surface area contributed by atoms with Crippen molar-refractivity contribution in [2.75, 3.05) is 20.3 Å². The molecular formula is C23H20FN7O3. The van der Waals surface area contributed by atoms with Crippen molar-refractivity contribution in [2.45, 2.75) is 18.9 Å². The number of nitrogens with one attached hydrogen (secondary N) is 1. The summed E-state index contributed by atoms with van der Waals surface area (Å²) in [7, 11) is 1.54. The van der Waals surface area contributed by atoms with E-state index in [-0.39, 0.29) is 17.7 Å². The second-order valence-corrected chi connectivity index (χ2v) is 8.05. The Morgan fingerprint density at radius 2 is 2.00 bits per heavy atom. The van der Waals surface area contributed by atoms with Crippen LogP contribution in [-0.4, -0.2) is 54.4 Å². The number of imidazole rings is 2. The molecule has 1 aliphatic rings. The van der Waals surface area contributed by atoms with Gasteiger partial charge in [-0.15, -0.1) is 0 Å². The third kappa shape index (κ3) is 3.32. The molecule has 0 atom stereocenters. The average molecular weight is 461 g/mol. The van der Waals surface area contributed by atoms with E-state index in [1.54, 1.807) is 33.8 Å². The van der Waals surface area contributed by atoms with Crippen LogP contribution in [0.25, 0.3) is 39.4 Å². The molecular weight excluding hydrogens is 441 g/mol. The van der Waals surface area contributed by atoms with Gasteiger partial charge in [-0.3, -0.25) is 9.13 Å². The lowest BCUT2D eigenvalue weighted by atomic mass is 10.1. The molecule has 0 bridgehead atoms. The van der Waals surface area contributed by atoms with Gasteiger partial charge in [-0.1, -0.05) is 0 Å². The number of pyridine rings is 1. The van der Waals surface area contributed by atoms with E-state index in [0.717, 1.165) is 0 Å². The number of aromatic amines is 1. The summed E-state index contributed by atoms with van der Waals surface area (Å²) in [5.74, 6) is 0.334. The van der Waals surface area contributed by atoms with Gasteiger partial charge >= 0.3 is 5.69 Å². The molecule has 1 N–H and O–H groups in total. The summed E-state index contributed by atoms with van der Waals surface area (Å²) in [4.78, 5) is 34.1. The molecule has 34 heavy (non-hydrogen) atoms. The molecule has 1 aromatic carbocycles. The Labute approximate surface area is 192 Å². The maximum absolute atomic E-state index is 14.0. The molecule has 5 heterocycles. The third-order valence-electron chi connectivity index (χ3n) is 6.06. The molecule has 5 aromatic rings. The topological polar surface area (TPSA) is 113 Å². The molecule has 1 saturated heterocycles. The van der Waals surface area contributed by atoms with Crippen LogP contribution in [0.4, 0.5) is 4.39 Å². The summed E-state index contributed by atoms with van der Waals surface area (Å²) in [5, 5.41) is 0. The number of fused-ring (bicyclic) bond motifs is 2. The van der Waals surface area contributed by atoms with Crippen LogP contribution in [0.2, 0.25) is 0 Å². The zero-order chi connectivity index (χ0) is 23.2. The molecule has 1 fully saturated rings. The van der Waals surface area contributed by atoms with Gasteiger partial charge in [0.15, 0.2) is 5.65 Å². The Morgan fingerprint density at radius 3 is 2.76 bits per heavy atom. The highest BCUT2D eigenvalue weighted by Crippen LogP contribution is 2.30. The Hall–Kier alpha value is -4.12. The highest BCUT2D eigenvalue weighted by atomic mass is 19.1. The standard InChI is InChI=1S/C23H20FN7O3/c1-33-18-5-2-13(11-25-18)19-20-21(31(23(32)28-20)15-6-8-34-9-7-15)29-22(27-19)30-12-26-16-4-3-14(24)10-17(16)30/h2-5,10-12,15H,6-9H2,1H3,(H,28,32). The number of halogens is 1. The Balaban J connectivity index is 1.63. The minimum absolute atomic E-state index is 0.0587. The van der Waals surface area contributed by atoms with Gasteiger partial charge in [0.2, 0.25) is 11.8 Å². The molecule has 4 aromatic heterocycles. The second-order valence-electron chi connectivity index (χ2n) is 8.05. The number of aromatic nitrogens is 7. The van der Waals surface area contributed by atoms with Gasteiger partial charge in [0.25, 0.3) is 0 Å². The predicted molar refractivity (Wildman–Crippen MR) is 122 cm³/mol. The number of nitrogens with zero attached hydrogens (tertiary/aromatic N) is 6. The number of methoxy groups -OCH3 is 1. The Kier molecular flexibility index (Phi) is 4.84. The number of ether oxygens (including phenoxy) is 2. The molecule has 6 rings (SSSR count). The van der Waals surface area contributed by atoms with Crippen LogP contribution in [-0.2, 0) is 4.74 Å². The van der Waals surface area contributed by atoms with E-state index in [0.29, 0.717) is 65.4 Å². The van der Waals surface area contributed by atoms with Gasteiger partial charge in [0.1, 0.15) is 23.4 Å². The van der Waals surface area contributed by atoms with Crippen LogP contribution >= 0.6 is 0 Å². The van der Waals surface area contributed by atoms with Gasteiger partial charge in [-0.25, -0.2) is 24.1 Å². The Bertz CT molecular complexity index is 1570. The van der Waals surface area contributed by atoms with Crippen molar-refractivity contribution in [3.8, 4) is 23.1 Å². The summed E-state index contributed by atoms with van der Waals surface area (Å²) in [6.45, 7) is 1.14.